The van der Waals surface area contributed by atoms with Crippen LogP contribution in [0.2, 0.25) is 0 Å². The maximum Gasteiger partial charge on any atom is 0.112 e. The van der Waals surface area contributed by atoms with E-state index >= 15 is 0 Å². The smallest absolute Gasteiger partial charge is 0.112 e. The Labute approximate surface area is 196 Å². The molecule has 0 radical (unpaired) electrons. The van der Waals surface area contributed by atoms with Crippen molar-refractivity contribution in [3.63, 3.8) is 0 Å². The van der Waals surface area contributed by atoms with Crippen molar-refractivity contribution >= 4 is 39.3 Å². The van der Waals surface area contributed by atoms with E-state index in [1.54, 1.807) is 0 Å². The van der Waals surface area contributed by atoms with Gasteiger partial charge >= 0.3 is 0 Å². The number of hydrogen-bond donors (Lipinski definition) is 1. The van der Waals surface area contributed by atoms with Gasteiger partial charge in [-0.25, -0.2) is 0 Å². The molecular weight excluding hydrogens is 481 g/mol. The summed E-state index contributed by atoms with van der Waals surface area (Å²) < 4.78 is 0.847. The lowest BCUT2D eigenvalue weighted by atomic mass is 9.86. The molecule has 0 bridgehead atoms. The Morgan fingerprint density at radius 1 is 0.700 bits per heavy atom. The van der Waals surface area contributed by atoms with E-state index in [0.717, 1.165) is 15.0 Å². The summed E-state index contributed by atoms with van der Waals surface area (Å²) in [6.07, 6.45) is 24.2. The Kier molecular flexibility index (Phi) is 8.65. The molecule has 1 N–H and O–H groups in total. The number of alkyl halides is 1. The standard InChI is InChI=1S/C26H38IN3/c27-22-12-14-23(15-13-22)30-25-19-21(18-24-26(25)29-17-16-28-24)20-10-8-6-4-2-1-3-5-7-9-11-20/h16-20,22-23,30H,1-15H2. The highest BCUT2D eigenvalue weighted by molar-refractivity contribution is 14.1. The first kappa shape index (κ1) is 22.3. The summed E-state index contributed by atoms with van der Waals surface area (Å²) in [5, 5.41) is 3.89. The Morgan fingerprint density at radius 2 is 1.30 bits per heavy atom. The van der Waals surface area contributed by atoms with Crippen LogP contribution in [0.1, 0.15) is 108 Å². The van der Waals surface area contributed by atoms with Crippen LogP contribution in [0, 0.1) is 0 Å². The van der Waals surface area contributed by atoms with Gasteiger partial charge in [0, 0.05) is 22.4 Å². The monoisotopic (exact) mass is 519 g/mol. The average Bonchev–Trinajstić information content (AvgIpc) is 2.76. The van der Waals surface area contributed by atoms with Gasteiger partial charge in [-0.05, 0) is 62.1 Å². The summed E-state index contributed by atoms with van der Waals surface area (Å²) in [6.45, 7) is 0. The first-order chi connectivity index (χ1) is 14.8. The molecule has 0 atom stereocenters. The van der Waals surface area contributed by atoms with Crippen molar-refractivity contribution in [2.24, 2.45) is 0 Å². The summed E-state index contributed by atoms with van der Waals surface area (Å²) in [7, 11) is 0. The highest BCUT2D eigenvalue weighted by atomic mass is 127. The van der Waals surface area contributed by atoms with Gasteiger partial charge in [-0.2, -0.15) is 0 Å². The lowest BCUT2D eigenvalue weighted by Crippen LogP contribution is -2.26. The van der Waals surface area contributed by atoms with Gasteiger partial charge in [0.15, 0.2) is 0 Å². The molecule has 0 spiro atoms. The normalized spacial score (nSPS) is 25.4. The Morgan fingerprint density at radius 3 is 1.97 bits per heavy atom. The van der Waals surface area contributed by atoms with Crippen LogP contribution in [0.3, 0.4) is 0 Å². The van der Waals surface area contributed by atoms with Crippen molar-refractivity contribution < 1.29 is 0 Å². The molecule has 1 heterocycles. The van der Waals surface area contributed by atoms with Crippen molar-refractivity contribution in [1.29, 1.82) is 0 Å². The van der Waals surface area contributed by atoms with Gasteiger partial charge in [-0.1, -0.05) is 80.4 Å². The summed E-state index contributed by atoms with van der Waals surface area (Å²) in [6, 6.07) is 5.35. The van der Waals surface area contributed by atoms with Gasteiger partial charge in [0.1, 0.15) is 5.52 Å². The van der Waals surface area contributed by atoms with Crippen LogP contribution in [0.25, 0.3) is 11.0 Å². The predicted octanol–water partition coefficient (Wildman–Crippen LogP) is 8.18. The van der Waals surface area contributed by atoms with E-state index in [1.807, 2.05) is 12.4 Å². The molecule has 0 saturated heterocycles. The molecule has 2 saturated carbocycles. The summed E-state index contributed by atoms with van der Waals surface area (Å²) in [4.78, 5) is 9.41. The van der Waals surface area contributed by atoms with E-state index in [-0.39, 0.29) is 0 Å². The van der Waals surface area contributed by atoms with Crippen molar-refractivity contribution in [2.75, 3.05) is 5.32 Å². The van der Waals surface area contributed by atoms with Crippen molar-refractivity contribution in [3.05, 3.63) is 30.1 Å². The second-order valence-electron chi connectivity index (χ2n) is 9.54. The molecule has 30 heavy (non-hydrogen) atoms. The van der Waals surface area contributed by atoms with E-state index in [1.165, 1.54) is 108 Å². The maximum atomic E-state index is 4.71. The number of fused-ring (bicyclic) bond motifs is 1. The topological polar surface area (TPSA) is 37.8 Å². The van der Waals surface area contributed by atoms with Gasteiger partial charge in [-0.3, -0.25) is 9.97 Å². The number of nitrogens with zero attached hydrogens (tertiary/aromatic N) is 2. The van der Waals surface area contributed by atoms with Crippen LogP contribution in [-0.4, -0.2) is 19.9 Å². The quantitative estimate of drug-likeness (QED) is 0.328. The zero-order chi connectivity index (χ0) is 20.6. The minimum absolute atomic E-state index is 0.577. The molecule has 2 aromatic rings. The molecule has 2 aliphatic rings. The fourth-order valence-corrected chi connectivity index (χ4v) is 6.07. The summed E-state index contributed by atoms with van der Waals surface area (Å²) >= 11 is 2.61. The zero-order valence-electron chi connectivity index (χ0n) is 18.4. The van der Waals surface area contributed by atoms with Crippen LogP contribution in [0.5, 0.6) is 0 Å². The van der Waals surface area contributed by atoms with Crippen molar-refractivity contribution in [3.8, 4) is 0 Å². The van der Waals surface area contributed by atoms with Gasteiger partial charge in [0.05, 0.1) is 11.2 Å². The SMILES string of the molecule is IC1CCC(Nc2cc(C3CCCCCCCCCCC3)cc3nccnc23)CC1. The van der Waals surface area contributed by atoms with E-state index in [0.29, 0.717) is 12.0 Å². The first-order valence-corrected chi connectivity index (χ1v) is 13.7. The minimum Gasteiger partial charge on any atom is -0.380 e. The molecule has 4 rings (SSSR count). The van der Waals surface area contributed by atoms with Gasteiger partial charge < -0.3 is 5.32 Å². The van der Waals surface area contributed by atoms with E-state index < -0.39 is 0 Å². The Bertz CT molecular complexity index is 773. The van der Waals surface area contributed by atoms with Crippen LogP contribution in [0.15, 0.2) is 24.5 Å². The van der Waals surface area contributed by atoms with Crippen LogP contribution in [0.4, 0.5) is 5.69 Å². The van der Waals surface area contributed by atoms with Gasteiger partial charge in [0.2, 0.25) is 0 Å². The highest BCUT2D eigenvalue weighted by Crippen LogP contribution is 2.35. The molecule has 1 aromatic heterocycles. The van der Waals surface area contributed by atoms with Crippen LogP contribution < -0.4 is 5.32 Å². The van der Waals surface area contributed by atoms with Gasteiger partial charge in [0.25, 0.3) is 0 Å². The molecule has 4 heteroatoms. The number of aromatic nitrogens is 2. The number of anilines is 1. The van der Waals surface area contributed by atoms with Gasteiger partial charge in [-0.15, -0.1) is 0 Å². The molecule has 0 unspecified atom stereocenters. The van der Waals surface area contributed by atoms with Crippen LogP contribution in [-0.2, 0) is 0 Å². The molecular formula is C26H38IN3. The molecule has 0 aliphatic heterocycles. The molecule has 1 aromatic carbocycles. The molecule has 3 nitrogen and oxygen atoms in total. The molecule has 0 amide bonds. The number of benzene rings is 1. The Balaban J connectivity index is 1.55. The minimum atomic E-state index is 0.577. The zero-order valence-corrected chi connectivity index (χ0v) is 20.6. The van der Waals surface area contributed by atoms with E-state index in [4.69, 9.17) is 9.97 Å². The number of halogens is 1. The third kappa shape index (κ3) is 6.30. The first-order valence-electron chi connectivity index (χ1n) is 12.4. The number of nitrogens with one attached hydrogen (secondary N) is 1. The number of rotatable bonds is 3. The lowest BCUT2D eigenvalue weighted by molar-refractivity contribution is 0.467. The summed E-state index contributed by atoms with van der Waals surface area (Å²) in [5.41, 5.74) is 4.82. The third-order valence-corrected chi connectivity index (χ3v) is 8.43. The average molecular weight is 520 g/mol. The number of hydrogen-bond acceptors (Lipinski definition) is 3. The maximum absolute atomic E-state index is 4.71. The largest absolute Gasteiger partial charge is 0.380 e. The summed E-state index contributed by atoms with van der Waals surface area (Å²) in [5.74, 6) is 0.668. The highest BCUT2D eigenvalue weighted by Gasteiger charge is 2.21. The van der Waals surface area contributed by atoms with Crippen LogP contribution >= 0.6 is 22.6 Å². The molecule has 164 valence electrons. The van der Waals surface area contributed by atoms with Crippen molar-refractivity contribution in [2.45, 2.75) is 112 Å². The molecule has 2 fully saturated rings. The van der Waals surface area contributed by atoms with Crippen molar-refractivity contribution in [1.82, 2.24) is 9.97 Å². The van der Waals surface area contributed by atoms with E-state index in [2.05, 4.69) is 40.0 Å². The fraction of sp³-hybridized carbons (Fsp3) is 0.692. The lowest BCUT2D eigenvalue weighted by Gasteiger charge is -2.28. The second kappa shape index (κ2) is 11.6. The van der Waals surface area contributed by atoms with E-state index in [9.17, 15) is 0 Å². The Hall–Kier alpha value is -0.910. The third-order valence-electron chi connectivity index (χ3n) is 7.19. The molecule has 2 aliphatic carbocycles. The second-order valence-corrected chi connectivity index (χ2v) is 11.3. The fourth-order valence-electron chi connectivity index (χ4n) is 5.36. The predicted molar refractivity (Wildman–Crippen MR) is 137 cm³/mol.